The van der Waals surface area contributed by atoms with E-state index in [0.717, 1.165) is 37.6 Å². The van der Waals surface area contributed by atoms with Gasteiger partial charge < -0.3 is 10.1 Å². The van der Waals surface area contributed by atoms with Gasteiger partial charge in [0.05, 0.1) is 25.0 Å². The summed E-state index contributed by atoms with van der Waals surface area (Å²) in [6.45, 7) is 6.42. The van der Waals surface area contributed by atoms with Crippen LogP contribution in [0.5, 0.6) is 5.75 Å². The molecule has 1 aliphatic carbocycles. The van der Waals surface area contributed by atoms with Gasteiger partial charge in [0.15, 0.2) is 5.75 Å². The van der Waals surface area contributed by atoms with Gasteiger partial charge in [-0.1, -0.05) is 13.8 Å². The van der Waals surface area contributed by atoms with E-state index in [9.17, 15) is 0 Å². The minimum Gasteiger partial charge on any atom is -0.493 e. The van der Waals surface area contributed by atoms with Crippen molar-refractivity contribution in [1.82, 2.24) is 15.1 Å². The average Bonchev–Trinajstić information content (AvgIpc) is 3.14. The number of methoxy groups -OCH3 is 1. The van der Waals surface area contributed by atoms with E-state index in [4.69, 9.17) is 4.74 Å². The van der Waals surface area contributed by atoms with E-state index in [1.807, 2.05) is 6.20 Å². The Hall–Kier alpha value is -1.03. The fraction of sp³-hybridized carbons (Fsp3) is 0.786. The molecule has 1 heterocycles. The van der Waals surface area contributed by atoms with Crippen LogP contribution in [0.1, 0.15) is 51.3 Å². The van der Waals surface area contributed by atoms with Gasteiger partial charge in [0.25, 0.3) is 0 Å². The highest BCUT2D eigenvalue weighted by Gasteiger charge is 2.35. The Morgan fingerprint density at radius 3 is 2.78 bits per heavy atom. The molecule has 0 saturated heterocycles. The quantitative estimate of drug-likeness (QED) is 0.772. The third-order valence-corrected chi connectivity index (χ3v) is 3.50. The molecule has 0 amide bonds. The van der Waals surface area contributed by atoms with E-state index in [2.05, 4.69) is 28.9 Å². The molecule has 0 radical (unpaired) electrons. The Morgan fingerprint density at radius 1 is 1.44 bits per heavy atom. The number of rotatable bonds is 8. The zero-order valence-electron chi connectivity index (χ0n) is 11.8. The van der Waals surface area contributed by atoms with Crippen molar-refractivity contribution in [1.29, 1.82) is 0 Å². The predicted molar refractivity (Wildman–Crippen MR) is 72.8 cm³/mol. The highest BCUT2D eigenvalue weighted by atomic mass is 16.5. The molecule has 4 nitrogen and oxygen atoms in total. The topological polar surface area (TPSA) is 39.1 Å². The average molecular weight is 251 g/mol. The first kappa shape index (κ1) is 13.4. The van der Waals surface area contributed by atoms with Crippen LogP contribution in [0, 0.1) is 5.92 Å². The van der Waals surface area contributed by atoms with Crippen molar-refractivity contribution in [2.45, 2.75) is 52.1 Å². The standard InChI is InChI=1S/C14H25N3O/c1-4-8-15-13(11-6-7-11)14-12(18-3)10-16-17(14)9-5-2/h10-11,13,15H,4-9H2,1-3H3. The predicted octanol–water partition coefficient (Wildman–Crippen LogP) is 2.75. The van der Waals surface area contributed by atoms with Gasteiger partial charge in [0.2, 0.25) is 0 Å². The van der Waals surface area contributed by atoms with Crippen molar-refractivity contribution in [2.24, 2.45) is 5.92 Å². The van der Waals surface area contributed by atoms with Gasteiger partial charge in [-0.25, -0.2) is 0 Å². The third kappa shape index (κ3) is 2.86. The minimum atomic E-state index is 0.411. The fourth-order valence-electron chi connectivity index (χ4n) is 2.45. The van der Waals surface area contributed by atoms with Crippen molar-refractivity contribution in [2.75, 3.05) is 13.7 Å². The molecule has 1 unspecified atom stereocenters. The summed E-state index contributed by atoms with van der Waals surface area (Å²) in [5.74, 6) is 1.70. The molecule has 0 spiro atoms. The highest BCUT2D eigenvalue weighted by Crippen LogP contribution is 2.43. The number of aromatic nitrogens is 2. The van der Waals surface area contributed by atoms with Crippen molar-refractivity contribution >= 4 is 0 Å². The van der Waals surface area contributed by atoms with Gasteiger partial charge in [-0.05, 0) is 38.1 Å². The summed E-state index contributed by atoms with van der Waals surface area (Å²) < 4.78 is 7.60. The summed E-state index contributed by atoms with van der Waals surface area (Å²) in [4.78, 5) is 0. The van der Waals surface area contributed by atoms with E-state index in [1.54, 1.807) is 7.11 Å². The lowest BCUT2D eigenvalue weighted by molar-refractivity contribution is 0.377. The summed E-state index contributed by atoms with van der Waals surface area (Å²) in [6.07, 6.45) is 6.76. The lowest BCUT2D eigenvalue weighted by Crippen LogP contribution is -2.27. The second kappa shape index (κ2) is 6.23. The Balaban J connectivity index is 2.22. The van der Waals surface area contributed by atoms with E-state index < -0.39 is 0 Å². The number of ether oxygens (including phenoxy) is 1. The van der Waals surface area contributed by atoms with Gasteiger partial charge >= 0.3 is 0 Å². The molecule has 1 aliphatic rings. The highest BCUT2D eigenvalue weighted by molar-refractivity contribution is 5.29. The maximum Gasteiger partial charge on any atom is 0.161 e. The van der Waals surface area contributed by atoms with Crippen molar-refractivity contribution in [3.05, 3.63) is 11.9 Å². The van der Waals surface area contributed by atoms with E-state index in [1.165, 1.54) is 18.5 Å². The van der Waals surface area contributed by atoms with Gasteiger partial charge in [0, 0.05) is 6.54 Å². The van der Waals surface area contributed by atoms with Crippen LogP contribution >= 0.6 is 0 Å². The first-order valence-electron chi connectivity index (χ1n) is 7.14. The molecule has 0 aliphatic heterocycles. The normalized spacial score (nSPS) is 16.8. The molecule has 1 fully saturated rings. The lowest BCUT2D eigenvalue weighted by Gasteiger charge is -2.20. The van der Waals surface area contributed by atoms with Crippen LogP contribution < -0.4 is 10.1 Å². The number of nitrogens with zero attached hydrogens (tertiary/aromatic N) is 2. The molecule has 0 aromatic carbocycles. The zero-order valence-corrected chi connectivity index (χ0v) is 11.8. The Morgan fingerprint density at radius 2 is 2.22 bits per heavy atom. The zero-order chi connectivity index (χ0) is 13.0. The Bertz CT molecular complexity index is 371. The second-order valence-corrected chi connectivity index (χ2v) is 5.09. The van der Waals surface area contributed by atoms with Gasteiger partial charge in [0.1, 0.15) is 0 Å². The summed E-state index contributed by atoms with van der Waals surface area (Å²) in [6, 6.07) is 0.411. The van der Waals surface area contributed by atoms with Crippen LogP contribution in [-0.4, -0.2) is 23.4 Å². The number of aryl methyl sites for hydroxylation is 1. The molecule has 0 bridgehead atoms. The van der Waals surface area contributed by atoms with Crippen LogP contribution in [0.15, 0.2) is 6.20 Å². The molecular weight excluding hydrogens is 226 g/mol. The number of hydrogen-bond acceptors (Lipinski definition) is 3. The minimum absolute atomic E-state index is 0.411. The van der Waals surface area contributed by atoms with Crippen LogP contribution in [0.2, 0.25) is 0 Å². The molecule has 4 heteroatoms. The summed E-state index contributed by atoms with van der Waals surface area (Å²) in [5.41, 5.74) is 1.25. The monoisotopic (exact) mass is 251 g/mol. The van der Waals surface area contributed by atoms with Crippen LogP contribution in [0.4, 0.5) is 0 Å². The molecule has 1 N–H and O–H groups in total. The first-order valence-corrected chi connectivity index (χ1v) is 7.14. The van der Waals surface area contributed by atoms with Crippen molar-refractivity contribution in [3.8, 4) is 5.75 Å². The summed E-state index contributed by atoms with van der Waals surface area (Å²) >= 11 is 0. The SMILES string of the molecule is CCCNC(c1c(OC)cnn1CCC)C1CC1. The molecule has 1 aromatic heterocycles. The van der Waals surface area contributed by atoms with Crippen molar-refractivity contribution in [3.63, 3.8) is 0 Å². The van der Waals surface area contributed by atoms with E-state index >= 15 is 0 Å². The van der Waals surface area contributed by atoms with Crippen LogP contribution in [-0.2, 0) is 6.54 Å². The Labute approximate surface area is 110 Å². The Kier molecular flexibility index (Phi) is 4.64. The second-order valence-electron chi connectivity index (χ2n) is 5.09. The molecule has 2 rings (SSSR count). The van der Waals surface area contributed by atoms with Crippen LogP contribution in [0.3, 0.4) is 0 Å². The molecular formula is C14H25N3O. The lowest BCUT2D eigenvalue weighted by atomic mass is 10.1. The third-order valence-electron chi connectivity index (χ3n) is 3.50. The van der Waals surface area contributed by atoms with Crippen molar-refractivity contribution < 1.29 is 4.74 Å². The molecule has 1 saturated carbocycles. The van der Waals surface area contributed by atoms with Crippen LogP contribution in [0.25, 0.3) is 0 Å². The maximum absolute atomic E-state index is 5.49. The maximum atomic E-state index is 5.49. The fourth-order valence-corrected chi connectivity index (χ4v) is 2.45. The van der Waals surface area contributed by atoms with Gasteiger partial charge in [-0.3, -0.25) is 4.68 Å². The molecule has 1 aromatic rings. The summed E-state index contributed by atoms with van der Waals surface area (Å²) in [5, 5.41) is 8.13. The van der Waals surface area contributed by atoms with E-state index in [-0.39, 0.29) is 0 Å². The molecule has 18 heavy (non-hydrogen) atoms. The smallest absolute Gasteiger partial charge is 0.161 e. The van der Waals surface area contributed by atoms with Gasteiger partial charge in [-0.2, -0.15) is 5.10 Å². The number of hydrogen-bond donors (Lipinski definition) is 1. The molecule has 102 valence electrons. The summed E-state index contributed by atoms with van der Waals surface area (Å²) in [7, 11) is 1.74. The number of nitrogens with one attached hydrogen (secondary N) is 1. The first-order chi connectivity index (χ1) is 8.81. The molecule has 1 atom stereocenters. The van der Waals surface area contributed by atoms with E-state index in [0.29, 0.717) is 6.04 Å². The largest absolute Gasteiger partial charge is 0.493 e. The van der Waals surface area contributed by atoms with Gasteiger partial charge in [-0.15, -0.1) is 0 Å².